The molecule has 3 N–H and O–H groups in total. The zero-order valence-corrected chi connectivity index (χ0v) is 11.5. The quantitative estimate of drug-likeness (QED) is 0.523. The maximum atomic E-state index is 12.0. The molecule has 0 radical (unpaired) electrons. The van der Waals surface area contributed by atoms with Crippen molar-refractivity contribution in [2.45, 2.75) is 24.4 Å². The van der Waals surface area contributed by atoms with Crippen LogP contribution in [0.15, 0.2) is 42.5 Å². The van der Waals surface area contributed by atoms with Crippen LogP contribution in [0.5, 0.6) is 0 Å². The lowest BCUT2D eigenvalue weighted by Crippen LogP contribution is -2.35. The van der Waals surface area contributed by atoms with Gasteiger partial charge in [-0.05, 0) is 24.3 Å². The Morgan fingerprint density at radius 1 is 1.00 bits per heavy atom. The number of ether oxygens (including phenoxy) is 1. The molecule has 1 aromatic rings. The van der Waals surface area contributed by atoms with E-state index in [1.807, 2.05) is 0 Å². The van der Waals surface area contributed by atoms with Crippen molar-refractivity contribution in [1.29, 1.82) is 0 Å². The van der Waals surface area contributed by atoms with E-state index in [0.29, 0.717) is 5.56 Å². The Balaban J connectivity index is 2.17. The predicted octanol–water partition coefficient (Wildman–Crippen LogP) is -0.129. The molecular formula is C17H14O5. The van der Waals surface area contributed by atoms with Gasteiger partial charge >= 0.3 is 5.97 Å². The van der Waals surface area contributed by atoms with Crippen molar-refractivity contribution in [3.63, 3.8) is 0 Å². The third kappa shape index (κ3) is 4.21. The van der Waals surface area contributed by atoms with E-state index in [1.165, 1.54) is 12.2 Å². The number of hydrogen-bond acceptors (Lipinski definition) is 5. The number of esters is 1. The molecule has 0 aromatic heterocycles. The molecule has 0 saturated carbocycles. The largest absolute Gasteiger partial charge is 0.441 e. The lowest BCUT2D eigenvalue weighted by molar-refractivity contribution is -0.0136. The number of benzene rings is 1. The maximum Gasteiger partial charge on any atom is 0.339 e. The van der Waals surface area contributed by atoms with Crippen molar-refractivity contribution in [3.8, 4) is 23.7 Å². The summed E-state index contributed by atoms with van der Waals surface area (Å²) in [6.45, 7) is 0. The molecular weight excluding hydrogens is 284 g/mol. The van der Waals surface area contributed by atoms with Crippen LogP contribution in [-0.4, -0.2) is 45.7 Å². The van der Waals surface area contributed by atoms with Gasteiger partial charge in [0.1, 0.15) is 18.3 Å². The van der Waals surface area contributed by atoms with E-state index < -0.39 is 30.4 Å². The Hall–Kier alpha value is -2.57. The van der Waals surface area contributed by atoms with Gasteiger partial charge in [0.15, 0.2) is 6.10 Å². The number of carbonyl (C=O) groups is 1. The summed E-state index contributed by atoms with van der Waals surface area (Å²) in [6.07, 6.45) is -2.54. The highest BCUT2D eigenvalue weighted by molar-refractivity contribution is 5.89. The van der Waals surface area contributed by atoms with E-state index in [1.54, 1.807) is 30.3 Å². The molecule has 0 bridgehead atoms. The highest BCUT2D eigenvalue weighted by Crippen LogP contribution is 2.06. The first-order chi connectivity index (χ1) is 10.6. The maximum absolute atomic E-state index is 12.0. The molecule has 2 rings (SSSR count). The van der Waals surface area contributed by atoms with Gasteiger partial charge < -0.3 is 20.1 Å². The van der Waals surface area contributed by atoms with Crippen LogP contribution >= 0.6 is 0 Å². The molecule has 5 heteroatoms. The van der Waals surface area contributed by atoms with Crippen LogP contribution < -0.4 is 0 Å². The van der Waals surface area contributed by atoms with Gasteiger partial charge in [-0.1, -0.05) is 41.9 Å². The van der Waals surface area contributed by atoms with E-state index in [-0.39, 0.29) is 0 Å². The molecule has 5 nitrogen and oxygen atoms in total. The third-order valence-corrected chi connectivity index (χ3v) is 2.85. The van der Waals surface area contributed by atoms with Crippen molar-refractivity contribution in [3.05, 3.63) is 48.0 Å². The van der Waals surface area contributed by atoms with Crippen LogP contribution in [0.4, 0.5) is 0 Å². The molecule has 22 heavy (non-hydrogen) atoms. The van der Waals surface area contributed by atoms with E-state index in [2.05, 4.69) is 23.7 Å². The number of carbonyl (C=O) groups excluding carboxylic acids is 1. The first-order valence-corrected chi connectivity index (χ1v) is 6.57. The fourth-order valence-electron chi connectivity index (χ4n) is 1.65. The molecule has 0 aliphatic heterocycles. The van der Waals surface area contributed by atoms with Gasteiger partial charge in [0.05, 0.1) is 5.56 Å². The van der Waals surface area contributed by atoms with Gasteiger partial charge in [-0.25, -0.2) is 4.79 Å². The summed E-state index contributed by atoms with van der Waals surface area (Å²) < 4.78 is 5.20. The minimum atomic E-state index is -1.52. The lowest BCUT2D eigenvalue weighted by Gasteiger charge is -2.15. The molecule has 1 unspecified atom stereocenters. The third-order valence-electron chi connectivity index (χ3n) is 2.85. The average Bonchev–Trinajstić information content (AvgIpc) is 2.54. The van der Waals surface area contributed by atoms with E-state index in [4.69, 9.17) is 4.74 Å². The highest BCUT2D eigenvalue weighted by Gasteiger charge is 2.22. The minimum absolute atomic E-state index is 0.372. The van der Waals surface area contributed by atoms with Gasteiger partial charge in [0.2, 0.25) is 0 Å². The number of allylic oxidation sites excluding steroid dienone is 1. The van der Waals surface area contributed by atoms with Gasteiger partial charge in [-0.15, -0.1) is 0 Å². The number of rotatable bonds is 2. The van der Waals surface area contributed by atoms with Crippen LogP contribution in [-0.2, 0) is 4.74 Å². The van der Waals surface area contributed by atoms with Crippen LogP contribution in [0.2, 0.25) is 0 Å². The SMILES string of the molecule is O=C(OC1C#C[C@@H](O)[C@H](O)[C@@H](O)C#C/C=C\1)c1ccccc1. The summed E-state index contributed by atoms with van der Waals surface area (Å²) in [5.74, 6) is 9.12. The van der Waals surface area contributed by atoms with Crippen molar-refractivity contribution in [2.75, 3.05) is 0 Å². The summed E-state index contributed by atoms with van der Waals surface area (Å²) in [6, 6.07) is 8.40. The van der Waals surface area contributed by atoms with Crippen LogP contribution in [0.1, 0.15) is 10.4 Å². The highest BCUT2D eigenvalue weighted by atomic mass is 16.5. The molecule has 0 saturated heterocycles. The Morgan fingerprint density at radius 2 is 1.68 bits per heavy atom. The fraction of sp³-hybridized carbons (Fsp3) is 0.235. The van der Waals surface area contributed by atoms with E-state index in [0.717, 1.165) is 0 Å². The summed E-state index contributed by atoms with van der Waals surface area (Å²) in [5, 5.41) is 28.7. The van der Waals surface area contributed by atoms with Gasteiger partial charge in [-0.3, -0.25) is 0 Å². The topological polar surface area (TPSA) is 87.0 Å². The zero-order chi connectivity index (χ0) is 15.9. The second-order valence-electron chi connectivity index (χ2n) is 4.51. The molecule has 1 aromatic carbocycles. The van der Waals surface area contributed by atoms with Crippen molar-refractivity contribution in [1.82, 2.24) is 0 Å². The molecule has 0 amide bonds. The predicted molar refractivity (Wildman–Crippen MR) is 78.4 cm³/mol. The molecule has 112 valence electrons. The minimum Gasteiger partial charge on any atom is -0.441 e. The van der Waals surface area contributed by atoms with Gasteiger partial charge in [-0.2, -0.15) is 0 Å². The monoisotopic (exact) mass is 298 g/mol. The van der Waals surface area contributed by atoms with Crippen molar-refractivity contribution in [2.24, 2.45) is 0 Å². The van der Waals surface area contributed by atoms with Crippen LogP contribution in [0.25, 0.3) is 0 Å². The van der Waals surface area contributed by atoms with E-state index >= 15 is 0 Å². The van der Waals surface area contributed by atoms with Crippen molar-refractivity contribution < 1.29 is 24.9 Å². The van der Waals surface area contributed by atoms with Gasteiger partial charge in [0.25, 0.3) is 0 Å². The molecule has 1 aliphatic carbocycles. The summed E-state index contributed by atoms with van der Waals surface area (Å²) in [5.41, 5.74) is 0.372. The number of aliphatic hydroxyl groups excluding tert-OH is 3. The second-order valence-corrected chi connectivity index (χ2v) is 4.51. The summed E-state index contributed by atoms with van der Waals surface area (Å²) in [4.78, 5) is 12.0. The molecule has 4 atom stereocenters. The van der Waals surface area contributed by atoms with Crippen molar-refractivity contribution >= 4 is 5.97 Å². The van der Waals surface area contributed by atoms with E-state index in [9.17, 15) is 20.1 Å². The Morgan fingerprint density at radius 3 is 2.41 bits per heavy atom. The normalized spacial score (nSPS) is 28.3. The summed E-state index contributed by atoms with van der Waals surface area (Å²) in [7, 11) is 0. The average molecular weight is 298 g/mol. The Bertz CT molecular complexity index is 672. The standard InChI is InChI=1S/C17H14O5/c18-14-9-5-4-8-13(10-11-15(19)16(14)20)22-17(21)12-6-2-1-3-7-12/h1-4,6-8,13-16,18-20H/b8-4-/t13?,14-,15+,16+/m0/s1. The second kappa shape index (κ2) is 7.44. The fourth-order valence-corrected chi connectivity index (χ4v) is 1.65. The Kier molecular flexibility index (Phi) is 5.35. The smallest absolute Gasteiger partial charge is 0.339 e. The van der Waals surface area contributed by atoms with Crippen LogP contribution in [0.3, 0.4) is 0 Å². The molecule has 0 spiro atoms. The number of hydrogen-bond donors (Lipinski definition) is 3. The van der Waals surface area contributed by atoms with Crippen LogP contribution in [0, 0.1) is 23.7 Å². The molecule has 0 fully saturated rings. The first kappa shape index (κ1) is 15.8. The summed E-state index contributed by atoms with van der Waals surface area (Å²) >= 11 is 0. The molecule has 1 aliphatic rings. The molecule has 0 heterocycles. The number of aliphatic hydroxyl groups is 3. The zero-order valence-electron chi connectivity index (χ0n) is 11.5. The first-order valence-electron chi connectivity index (χ1n) is 6.57. The lowest BCUT2D eigenvalue weighted by atomic mass is 10.1. The van der Waals surface area contributed by atoms with Gasteiger partial charge in [0, 0.05) is 0 Å². The Labute approximate surface area is 127 Å².